The molecule has 0 aromatic heterocycles. The Hall–Kier alpha value is -1.10. The molecule has 1 saturated heterocycles. The van der Waals surface area contributed by atoms with Gasteiger partial charge in [-0.3, -0.25) is 4.90 Å². The molecule has 0 bridgehead atoms. The van der Waals surface area contributed by atoms with Crippen LogP contribution < -0.4 is 4.74 Å². The van der Waals surface area contributed by atoms with Crippen molar-refractivity contribution in [3.8, 4) is 5.75 Å². The van der Waals surface area contributed by atoms with Crippen LogP contribution in [0.1, 0.15) is 24.5 Å². The Morgan fingerprint density at radius 3 is 2.76 bits per heavy atom. The monoisotopic (exact) mass is 293 g/mol. The van der Waals surface area contributed by atoms with E-state index >= 15 is 0 Å². The summed E-state index contributed by atoms with van der Waals surface area (Å²) >= 11 is 0. The molecule has 4 heteroatoms. The highest BCUT2D eigenvalue weighted by molar-refractivity contribution is 5.37. The maximum absolute atomic E-state index is 5.51. The van der Waals surface area contributed by atoms with Crippen LogP contribution in [0.3, 0.4) is 0 Å². The number of ether oxygens (including phenoxy) is 3. The first-order valence-corrected chi connectivity index (χ1v) is 7.87. The molecule has 118 valence electrons. The molecule has 1 aromatic rings. The van der Waals surface area contributed by atoms with Crippen molar-refractivity contribution in [3.63, 3.8) is 0 Å². The lowest BCUT2D eigenvalue weighted by molar-refractivity contribution is 0.0374. The van der Waals surface area contributed by atoms with Crippen molar-refractivity contribution in [1.29, 1.82) is 0 Å². The smallest absolute Gasteiger partial charge is 0.124 e. The zero-order valence-corrected chi connectivity index (χ0v) is 13.3. The van der Waals surface area contributed by atoms with E-state index in [1.54, 1.807) is 7.11 Å². The van der Waals surface area contributed by atoms with Gasteiger partial charge in [0.15, 0.2) is 0 Å². The Kier molecular flexibility index (Phi) is 7.00. The molecule has 1 fully saturated rings. The summed E-state index contributed by atoms with van der Waals surface area (Å²) in [6.07, 6.45) is 2.28. The van der Waals surface area contributed by atoms with Gasteiger partial charge in [-0.2, -0.15) is 0 Å². The normalized spacial score (nSPS) is 16.1. The van der Waals surface area contributed by atoms with Gasteiger partial charge in [-0.1, -0.05) is 6.07 Å². The van der Waals surface area contributed by atoms with Crippen LogP contribution in [0.15, 0.2) is 18.2 Å². The Bertz CT molecular complexity index is 416. The first kappa shape index (κ1) is 16.3. The molecule has 1 aliphatic heterocycles. The standard InChI is InChI=1S/C17H27NO3/c1-3-20-14-16-13-15(6-7-17(16)19-2)5-4-8-18-9-11-21-12-10-18/h6-7,13H,3-5,8-12,14H2,1-2H3. The average molecular weight is 293 g/mol. The highest BCUT2D eigenvalue weighted by Gasteiger charge is 2.10. The summed E-state index contributed by atoms with van der Waals surface area (Å²) < 4.78 is 16.3. The van der Waals surface area contributed by atoms with Crippen LogP contribution in [0, 0.1) is 0 Å². The third-order valence-electron chi connectivity index (χ3n) is 3.85. The summed E-state index contributed by atoms with van der Waals surface area (Å²) in [6, 6.07) is 6.43. The largest absolute Gasteiger partial charge is 0.496 e. The maximum Gasteiger partial charge on any atom is 0.124 e. The van der Waals surface area contributed by atoms with E-state index in [0.717, 1.165) is 57.2 Å². The Morgan fingerprint density at radius 1 is 1.24 bits per heavy atom. The van der Waals surface area contributed by atoms with Crippen molar-refractivity contribution < 1.29 is 14.2 Å². The SMILES string of the molecule is CCOCc1cc(CCCN2CCOCC2)ccc1OC. The summed E-state index contributed by atoms with van der Waals surface area (Å²) in [5, 5.41) is 0. The van der Waals surface area contributed by atoms with Crippen LogP contribution in [0.4, 0.5) is 0 Å². The molecule has 0 unspecified atom stereocenters. The summed E-state index contributed by atoms with van der Waals surface area (Å²) in [5.74, 6) is 0.917. The molecule has 0 atom stereocenters. The summed E-state index contributed by atoms with van der Waals surface area (Å²) in [7, 11) is 1.71. The number of hydrogen-bond acceptors (Lipinski definition) is 4. The van der Waals surface area contributed by atoms with Crippen molar-refractivity contribution in [2.75, 3.05) is 46.6 Å². The van der Waals surface area contributed by atoms with Gasteiger partial charge in [0, 0.05) is 25.3 Å². The van der Waals surface area contributed by atoms with E-state index in [2.05, 4.69) is 23.1 Å². The molecule has 0 amide bonds. The molecular formula is C17H27NO3. The Morgan fingerprint density at radius 2 is 2.05 bits per heavy atom. The third kappa shape index (κ3) is 5.30. The fourth-order valence-electron chi connectivity index (χ4n) is 2.64. The number of benzene rings is 1. The van der Waals surface area contributed by atoms with Gasteiger partial charge >= 0.3 is 0 Å². The van der Waals surface area contributed by atoms with Crippen LogP contribution in [0.2, 0.25) is 0 Å². The van der Waals surface area contributed by atoms with E-state index in [0.29, 0.717) is 6.61 Å². The van der Waals surface area contributed by atoms with Crippen molar-refractivity contribution in [2.45, 2.75) is 26.4 Å². The molecule has 4 nitrogen and oxygen atoms in total. The topological polar surface area (TPSA) is 30.9 Å². The number of hydrogen-bond donors (Lipinski definition) is 0. The second-order valence-electron chi connectivity index (χ2n) is 5.34. The molecule has 21 heavy (non-hydrogen) atoms. The summed E-state index contributed by atoms with van der Waals surface area (Å²) in [5.41, 5.74) is 2.50. The van der Waals surface area contributed by atoms with Crippen LogP contribution >= 0.6 is 0 Å². The van der Waals surface area contributed by atoms with Crippen LogP contribution in [0.25, 0.3) is 0 Å². The van der Waals surface area contributed by atoms with Gasteiger partial charge in [0.1, 0.15) is 5.75 Å². The minimum absolute atomic E-state index is 0.622. The van der Waals surface area contributed by atoms with E-state index in [4.69, 9.17) is 14.2 Å². The second-order valence-corrected chi connectivity index (χ2v) is 5.34. The Balaban J connectivity index is 1.84. The van der Waals surface area contributed by atoms with Gasteiger partial charge in [-0.05, 0) is 44.0 Å². The van der Waals surface area contributed by atoms with Crippen molar-refractivity contribution >= 4 is 0 Å². The second kappa shape index (κ2) is 9.03. The quantitative estimate of drug-likeness (QED) is 0.737. The predicted octanol–water partition coefficient (Wildman–Crippen LogP) is 2.50. The van der Waals surface area contributed by atoms with Crippen LogP contribution in [-0.2, 0) is 22.5 Å². The lowest BCUT2D eigenvalue weighted by atomic mass is 10.1. The molecule has 1 heterocycles. The predicted molar refractivity (Wildman–Crippen MR) is 83.9 cm³/mol. The number of morpholine rings is 1. The molecule has 1 aliphatic rings. The fourth-order valence-corrected chi connectivity index (χ4v) is 2.64. The van der Waals surface area contributed by atoms with Crippen molar-refractivity contribution in [1.82, 2.24) is 4.90 Å². The molecule has 2 rings (SSSR count). The third-order valence-corrected chi connectivity index (χ3v) is 3.85. The van der Waals surface area contributed by atoms with Crippen molar-refractivity contribution in [2.24, 2.45) is 0 Å². The van der Waals surface area contributed by atoms with Gasteiger partial charge in [-0.25, -0.2) is 0 Å². The minimum atomic E-state index is 0.622. The molecule has 0 N–H and O–H groups in total. The molecule has 0 saturated carbocycles. The lowest BCUT2D eigenvalue weighted by Gasteiger charge is -2.26. The van der Waals surface area contributed by atoms with E-state index in [9.17, 15) is 0 Å². The van der Waals surface area contributed by atoms with Crippen LogP contribution in [-0.4, -0.2) is 51.5 Å². The number of aryl methyl sites for hydroxylation is 1. The molecular weight excluding hydrogens is 266 g/mol. The molecule has 0 spiro atoms. The van der Waals surface area contributed by atoms with E-state index in [-0.39, 0.29) is 0 Å². The zero-order chi connectivity index (χ0) is 14.9. The summed E-state index contributed by atoms with van der Waals surface area (Å²) in [6.45, 7) is 8.40. The van der Waals surface area contributed by atoms with E-state index in [1.165, 1.54) is 12.0 Å². The highest BCUT2D eigenvalue weighted by Crippen LogP contribution is 2.21. The summed E-state index contributed by atoms with van der Waals surface area (Å²) in [4.78, 5) is 2.48. The van der Waals surface area contributed by atoms with Crippen LogP contribution in [0.5, 0.6) is 5.75 Å². The molecule has 0 radical (unpaired) electrons. The van der Waals surface area contributed by atoms with Gasteiger partial charge in [-0.15, -0.1) is 0 Å². The maximum atomic E-state index is 5.51. The minimum Gasteiger partial charge on any atom is -0.496 e. The first-order valence-electron chi connectivity index (χ1n) is 7.87. The van der Waals surface area contributed by atoms with E-state index in [1.807, 2.05) is 6.92 Å². The van der Waals surface area contributed by atoms with Crippen molar-refractivity contribution in [3.05, 3.63) is 29.3 Å². The molecule has 0 aliphatic carbocycles. The van der Waals surface area contributed by atoms with Gasteiger partial charge in [0.2, 0.25) is 0 Å². The lowest BCUT2D eigenvalue weighted by Crippen LogP contribution is -2.36. The highest BCUT2D eigenvalue weighted by atomic mass is 16.5. The molecule has 1 aromatic carbocycles. The Labute approximate surface area is 128 Å². The van der Waals surface area contributed by atoms with E-state index < -0.39 is 0 Å². The first-order chi connectivity index (χ1) is 10.3. The fraction of sp³-hybridized carbons (Fsp3) is 0.647. The van der Waals surface area contributed by atoms with Gasteiger partial charge in [0.25, 0.3) is 0 Å². The van der Waals surface area contributed by atoms with Gasteiger partial charge in [0.05, 0.1) is 26.9 Å². The average Bonchev–Trinajstić information content (AvgIpc) is 2.54. The number of nitrogens with zero attached hydrogens (tertiary/aromatic N) is 1. The number of methoxy groups -OCH3 is 1. The number of rotatable bonds is 8. The zero-order valence-electron chi connectivity index (χ0n) is 13.3. The van der Waals surface area contributed by atoms with Gasteiger partial charge < -0.3 is 14.2 Å².